The van der Waals surface area contributed by atoms with E-state index < -0.39 is 0 Å². The Balaban J connectivity index is 1.90. The van der Waals surface area contributed by atoms with E-state index >= 15 is 0 Å². The maximum atomic E-state index is 6.05. The Morgan fingerprint density at radius 2 is 2.11 bits per heavy atom. The summed E-state index contributed by atoms with van der Waals surface area (Å²) in [6, 6.07) is 13.7. The van der Waals surface area contributed by atoms with Gasteiger partial charge in [-0.3, -0.25) is 4.90 Å². The fraction of sp³-hybridized carbons (Fsp3) is 0.375. The van der Waals surface area contributed by atoms with E-state index in [1.807, 2.05) is 11.3 Å². The number of nitrogens with zero attached hydrogens (tertiary/aromatic N) is 1. The van der Waals surface area contributed by atoms with Crippen molar-refractivity contribution in [2.45, 2.75) is 25.4 Å². The molecule has 0 spiro atoms. The molecular weight excluding hydrogens is 252 g/mol. The molecule has 2 atom stereocenters. The van der Waals surface area contributed by atoms with Gasteiger partial charge in [0.15, 0.2) is 0 Å². The van der Waals surface area contributed by atoms with Crippen molar-refractivity contribution in [3.8, 4) is 0 Å². The first-order valence-electron chi connectivity index (χ1n) is 6.88. The highest BCUT2D eigenvalue weighted by molar-refractivity contribution is 7.10. The van der Waals surface area contributed by atoms with Crippen LogP contribution in [0.25, 0.3) is 0 Å². The zero-order valence-electron chi connectivity index (χ0n) is 11.3. The second-order valence-electron chi connectivity index (χ2n) is 5.13. The maximum Gasteiger partial charge on any atom is 0.0476 e. The molecule has 1 aromatic heterocycles. The second kappa shape index (κ2) is 5.45. The Bertz CT molecular complexity index is 535. The van der Waals surface area contributed by atoms with Gasteiger partial charge in [-0.05, 0) is 35.9 Å². The summed E-state index contributed by atoms with van der Waals surface area (Å²) in [5.41, 5.74) is 8.87. The van der Waals surface area contributed by atoms with Gasteiger partial charge in [-0.25, -0.2) is 0 Å². The fourth-order valence-electron chi connectivity index (χ4n) is 3.09. The van der Waals surface area contributed by atoms with Crippen LogP contribution >= 0.6 is 11.3 Å². The molecule has 2 nitrogen and oxygen atoms in total. The molecule has 0 fully saturated rings. The summed E-state index contributed by atoms with van der Waals surface area (Å²) in [6.07, 6.45) is 1.15. The van der Waals surface area contributed by atoms with Crippen molar-refractivity contribution >= 4 is 11.3 Å². The Hall–Kier alpha value is -1.16. The van der Waals surface area contributed by atoms with E-state index in [1.165, 1.54) is 11.1 Å². The quantitative estimate of drug-likeness (QED) is 0.928. The van der Waals surface area contributed by atoms with Gasteiger partial charge in [0.05, 0.1) is 0 Å². The first kappa shape index (κ1) is 12.9. The molecule has 2 heterocycles. The minimum absolute atomic E-state index is 0.323. The van der Waals surface area contributed by atoms with Crippen LogP contribution in [0, 0.1) is 0 Å². The highest BCUT2D eigenvalue weighted by Gasteiger charge is 2.30. The van der Waals surface area contributed by atoms with Crippen LogP contribution in [0.2, 0.25) is 0 Å². The summed E-state index contributed by atoms with van der Waals surface area (Å²) in [6.45, 7) is 4.08. The molecule has 0 saturated carbocycles. The number of nitrogens with two attached hydrogens (primary N) is 1. The minimum atomic E-state index is 0.323. The third-order valence-electron chi connectivity index (χ3n) is 4.13. The zero-order valence-corrected chi connectivity index (χ0v) is 12.1. The average Bonchev–Trinajstić information content (AvgIpc) is 2.93. The summed E-state index contributed by atoms with van der Waals surface area (Å²) >= 11 is 1.89. The van der Waals surface area contributed by atoms with Gasteiger partial charge in [-0.1, -0.05) is 30.3 Å². The van der Waals surface area contributed by atoms with Crippen LogP contribution in [0.5, 0.6) is 0 Å². The lowest BCUT2D eigenvalue weighted by atomic mass is 9.96. The summed E-state index contributed by atoms with van der Waals surface area (Å²) in [7, 11) is 0. The first-order valence-corrected chi connectivity index (χ1v) is 7.76. The highest BCUT2D eigenvalue weighted by Crippen LogP contribution is 2.37. The van der Waals surface area contributed by atoms with Gasteiger partial charge in [-0.15, -0.1) is 11.3 Å². The second-order valence-corrected chi connectivity index (χ2v) is 6.13. The van der Waals surface area contributed by atoms with Crippen molar-refractivity contribution in [3.63, 3.8) is 0 Å². The van der Waals surface area contributed by atoms with E-state index in [9.17, 15) is 0 Å². The topological polar surface area (TPSA) is 29.3 Å². The predicted molar refractivity (Wildman–Crippen MR) is 81.4 cm³/mol. The van der Waals surface area contributed by atoms with Gasteiger partial charge in [0.2, 0.25) is 0 Å². The molecule has 2 aromatic rings. The molecule has 0 aliphatic carbocycles. The van der Waals surface area contributed by atoms with Crippen LogP contribution in [0.1, 0.15) is 35.0 Å². The van der Waals surface area contributed by atoms with Crippen molar-refractivity contribution in [3.05, 3.63) is 57.8 Å². The number of benzene rings is 1. The Kier molecular flexibility index (Phi) is 3.69. The van der Waals surface area contributed by atoms with E-state index in [0.29, 0.717) is 18.6 Å². The molecule has 1 aliphatic rings. The lowest BCUT2D eigenvalue weighted by Gasteiger charge is -2.39. The largest absolute Gasteiger partial charge is 0.329 e. The van der Waals surface area contributed by atoms with Crippen molar-refractivity contribution in [2.24, 2.45) is 5.73 Å². The third-order valence-corrected chi connectivity index (χ3v) is 5.13. The van der Waals surface area contributed by atoms with Gasteiger partial charge in [0, 0.05) is 30.1 Å². The molecule has 3 rings (SSSR count). The lowest BCUT2D eigenvalue weighted by molar-refractivity contribution is 0.139. The van der Waals surface area contributed by atoms with Gasteiger partial charge in [0.1, 0.15) is 0 Å². The molecule has 100 valence electrons. The third kappa shape index (κ3) is 2.34. The van der Waals surface area contributed by atoms with Gasteiger partial charge in [0.25, 0.3) is 0 Å². The number of hydrogen-bond donors (Lipinski definition) is 1. The highest BCUT2D eigenvalue weighted by atomic mass is 32.1. The Labute approximate surface area is 118 Å². The van der Waals surface area contributed by atoms with Crippen molar-refractivity contribution in [1.29, 1.82) is 0 Å². The molecule has 0 radical (unpaired) electrons. The Morgan fingerprint density at radius 3 is 2.84 bits per heavy atom. The van der Waals surface area contributed by atoms with Crippen LogP contribution in [-0.4, -0.2) is 18.0 Å². The number of fused-ring (bicyclic) bond motifs is 1. The minimum Gasteiger partial charge on any atom is -0.329 e. The zero-order chi connectivity index (χ0) is 13.2. The number of rotatable bonds is 3. The van der Waals surface area contributed by atoms with E-state index in [1.54, 1.807) is 4.88 Å². The molecule has 0 saturated heterocycles. The lowest BCUT2D eigenvalue weighted by Crippen LogP contribution is -2.39. The summed E-state index contributed by atoms with van der Waals surface area (Å²) < 4.78 is 0. The summed E-state index contributed by atoms with van der Waals surface area (Å²) in [5.74, 6) is 0. The molecule has 3 heteroatoms. The number of thiophene rings is 1. The van der Waals surface area contributed by atoms with Gasteiger partial charge in [-0.2, -0.15) is 0 Å². The molecule has 0 amide bonds. The van der Waals surface area contributed by atoms with Crippen LogP contribution < -0.4 is 5.73 Å². The molecule has 19 heavy (non-hydrogen) atoms. The maximum absolute atomic E-state index is 6.05. The van der Waals surface area contributed by atoms with Crippen LogP contribution in [0.3, 0.4) is 0 Å². The smallest absolute Gasteiger partial charge is 0.0476 e. The van der Waals surface area contributed by atoms with Crippen molar-refractivity contribution in [2.75, 3.05) is 13.1 Å². The molecule has 0 bridgehead atoms. The average molecular weight is 272 g/mol. The van der Waals surface area contributed by atoms with E-state index in [0.717, 1.165) is 13.0 Å². The SMILES string of the molecule is CC1c2ccsc2CCN1C(CN)c1ccccc1. The van der Waals surface area contributed by atoms with E-state index in [4.69, 9.17) is 5.73 Å². The summed E-state index contributed by atoms with van der Waals surface area (Å²) in [4.78, 5) is 4.09. The van der Waals surface area contributed by atoms with Crippen molar-refractivity contribution < 1.29 is 0 Å². The van der Waals surface area contributed by atoms with Crippen LogP contribution in [0.15, 0.2) is 41.8 Å². The number of hydrogen-bond acceptors (Lipinski definition) is 3. The van der Waals surface area contributed by atoms with Crippen LogP contribution in [0.4, 0.5) is 0 Å². The summed E-state index contributed by atoms with van der Waals surface area (Å²) in [5, 5.41) is 2.21. The first-order chi connectivity index (χ1) is 9.31. The molecule has 2 N–H and O–H groups in total. The molecular formula is C16H20N2S. The molecule has 2 unspecified atom stereocenters. The molecule has 1 aliphatic heterocycles. The van der Waals surface area contributed by atoms with Crippen LogP contribution in [-0.2, 0) is 6.42 Å². The van der Waals surface area contributed by atoms with Gasteiger partial charge >= 0.3 is 0 Å². The van der Waals surface area contributed by atoms with E-state index in [-0.39, 0.29) is 0 Å². The standard InChI is InChI=1S/C16H20N2S/c1-12-14-8-10-19-16(14)7-9-18(12)15(11-17)13-5-3-2-4-6-13/h2-6,8,10,12,15H,7,9,11,17H2,1H3. The predicted octanol–water partition coefficient (Wildman–Crippen LogP) is 3.37. The van der Waals surface area contributed by atoms with Crippen molar-refractivity contribution in [1.82, 2.24) is 4.90 Å². The normalized spacial score (nSPS) is 21.1. The fourth-order valence-corrected chi connectivity index (χ4v) is 4.06. The molecule has 1 aromatic carbocycles. The Morgan fingerprint density at radius 1 is 1.32 bits per heavy atom. The van der Waals surface area contributed by atoms with E-state index in [2.05, 4.69) is 53.6 Å². The van der Waals surface area contributed by atoms with Gasteiger partial charge < -0.3 is 5.73 Å². The monoisotopic (exact) mass is 272 g/mol.